The van der Waals surface area contributed by atoms with E-state index in [9.17, 15) is 15.0 Å². The van der Waals surface area contributed by atoms with Crippen LogP contribution in [0.25, 0.3) is 0 Å². The first-order valence-electron chi connectivity index (χ1n) is 10.4. The number of rotatable bonds is 3. The molecular weight excluding hydrogens is 380 g/mol. The molecule has 0 amide bonds. The molecule has 7 nitrogen and oxygen atoms in total. The Morgan fingerprint density at radius 2 is 1.97 bits per heavy atom. The van der Waals surface area contributed by atoms with Crippen molar-refractivity contribution < 1.29 is 15.0 Å². The molecule has 1 aromatic heterocycles. The van der Waals surface area contributed by atoms with E-state index < -0.39 is 5.97 Å². The van der Waals surface area contributed by atoms with Gasteiger partial charge in [-0.3, -0.25) is 5.01 Å². The van der Waals surface area contributed by atoms with Crippen molar-refractivity contribution in [2.45, 2.75) is 44.6 Å². The maximum absolute atomic E-state index is 11.3. The third-order valence-electron chi connectivity index (χ3n) is 6.67. The van der Waals surface area contributed by atoms with Gasteiger partial charge in [-0.15, -0.1) is 0 Å². The summed E-state index contributed by atoms with van der Waals surface area (Å²) in [4.78, 5) is 15.7. The normalized spacial score (nSPS) is 22.9. The largest absolute Gasteiger partial charge is 0.506 e. The molecule has 3 aliphatic rings. The molecule has 0 spiro atoms. The van der Waals surface area contributed by atoms with Crippen LogP contribution in [0.3, 0.4) is 0 Å². The van der Waals surface area contributed by atoms with Crippen LogP contribution in [0, 0.1) is 23.2 Å². The molecule has 1 fully saturated rings. The highest BCUT2D eigenvalue weighted by atomic mass is 16.4. The molecule has 2 unspecified atom stereocenters. The smallest absolute Gasteiger partial charge is 0.354 e. The van der Waals surface area contributed by atoms with Crippen molar-refractivity contribution in [2.75, 3.05) is 5.01 Å². The van der Waals surface area contributed by atoms with Crippen molar-refractivity contribution in [2.24, 2.45) is 16.9 Å². The monoisotopic (exact) mass is 402 g/mol. The molecular formula is C23H22N4O3. The topological polar surface area (TPSA) is 110 Å². The van der Waals surface area contributed by atoms with Gasteiger partial charge in [-0.05, 0) is 55.9 Å². The van der Waals surface area contributed by atoms with Gasteiger partial charge in [-0.1, -0.05) is 12.8 Å². The Bertz CT molecular complexity index is 1100. The van der Waals surface area contributed by atoms with Crippen LogP contribution < -0.4 is 5.01 Å². The van der Waals surface area contributed by atoms with E-state index in [1.165, 1.54) is 12.8 Å². The summed E-state index contributed by atoms with van der Waals surface area (Å²) in [6.45, 7) is 0. The van der Waals surface area contributed by atoms with E-state index in [0.717, 1.165) is 48.3 Å². The third-order valence-corrected chi connectivity index (χ3v) is 6.67. The summed E-state index contributed by atoms with van der Waals surface area (Å²) < 4.78 is 0. The first-order valence-corrected chi connectivity index (χ1v) is 10.4. The summed E-state index contributed by atoms with van der Waals surface area (Å²) in [5, 5.41) is 35.7. The molecule has 0 bridgehead atoms. The van der Waals surface area contributed by atoms with Crippen LogP contribution in [0.15, 0.2) is 35.4 Å². The molecule has 2 N–H and O–H groups in total. The van der Waals surface area contributed by atoms with Crippen LogP contribution in [0.5, 0.6) is 5.75 Å². The number of aromatic hydroxyl groups is 1. The number of fused-ring (bicyclic) bond motifs is 3. The molecule has 2 aliphatic carbocycles. The van der Waals surface area contributed by atoms with Crippen LogP contribution in [0.1, 0.15) is 59.4 Å². The number of hydrogen-bond acceptors (Lipinski definition) is 6. The second kappa shape index (κ2) is 7.13. The van der Waals surface area contributed by atoms with Gasteiger partial charge in [-0.2, -0.15) is 10.4 Å². The molecule has 7 heteroatoms. The summed E-state index contributed by atoms with van der Waals surface area (Å²) in [6, 6.07) is 10.7. The highest BCUT2D eigenvalue weighted by molar-refractivity contribution is 6.07. The minimum atomic E-state index is -1.02. The predicted octanol–water partition coefficient (Wildman–Crippen LogP) is 3.70. The van der Waals surface area contributed by atoms with E-state index in [0.29, 0.717) is 5.92 Å². The van der Waals surface area contributed by atoms with E-state index in [1.54, 1.807) is 18.2 Å². The highest BCUT2D eigenvalue weighted by Gasteiger charge is 2.46. The van der Waals surface area contributed by atoms with E-state index >= 15 is 0 Å². The molecule has 152 valence electrons. The highest BCUT2D eigenvalue weighted by Crippen LogP contribution is 2.45. The molecule has 0 saturated heterocycles. The van der Waals surface area contributed by atoms with Crippen molar-refractivity contribution in [3.63, 3.8) is 0 Å². The zero-order chi connectivity index (χ0) is 20.8. The summed E-state index contributed by atoms with van der Waals surface area (Å²) in [5.41, 5.74) is 3.77. The second-order valence-corrected chi connectivity index (χ2v) is 8.32. The standard InChI is InChI=1S/C23H22N4O3/c24-12-14-5-6-15(11-20(14)28)27-22(13-3-1-2-4-13)17-8-9-18-16(21(17)26-27)7-10-19(25-18)23(29)30/h5-7,10-11,13,17,22,28H,1-4,8-9H2,(H,29,30). The third kappa shape index (κ3) is 2.91. The number of pyridine rings is 1. The summed E-state index contributed by atoms with van der Waals surface area (Å²) in [7, 11) is 0. The number of benzene rings is 1. The molecule has 1 aromatic carbocycles. The first kappa shape index (κ1) is 18.6. The molecule has 2 atom stereocenters. The van der Waals surface area contributed by atoms with E-state index in [2.05, 4.69) is 4.98 Å². The lowest BCUT2D eigenvalue weighted by Gasteiger charge is -2.34. The summed E-state index contributed by atoms with van der Waals surface area (Å²) >= 11 is 0. The zero-order valence-electron chi connectivity index (χ0n) is 16.5. The van der Waals surface area contributed by atoms with Crippen molar-refractivity contribution >= 4 is 17.4 Å². The van der Waals surface area contributed by atoms with Crippen molar-refractivity contribution in [1.82, 2.24) is 4.98 Å². The lowest BCUT2D eigenvalue weighted by molar-refractivity contribution is 0.0690. The number of phenolic OH excluding ortho intramolecular Hbond substituents is 1. The van der Waals surface area contributed by atoms with Gasteiger partial charge >= 0.3 is 5.97 Å². The Balaban J connectivity index is 1.59. The predicted molar refractivity (Wildman–Crippen MR) is 111 cm³/mol. The molecule has 5 rings (SSSR count). The van der Waals surface area contributed by atoms with Crippen LogP contribution in [0.4, 0.5) is 5.69 Å². The number of aryl methyl sites for hydroxylation is 1. The Labute approximate surface area is 174 Å². The number of carboxylic acid groups (broad SMARTS) is 1. The number of hydrogen-bond donors (Lipinski definition) is 2. The number of hydrazone groups is 1. The lowest BCUT2D eigenvalue weighted by atomic mass is 9.76. The number of nitriles is 1. The maximum atomic E-state index is 11.3. The molecule has 2 heterocycles. The fraction of sp³-hybridized carbons (Fsp3) is 0.391. The lowest BCUT2D eigenvalue weighted by Crippen LogP contribution is -2.40. The molecule has 0 radical (unpaired) electrons. The number of carbonyl (C=O) groups is 1. The maximum Gasteiger partial charge on any atom is 0.354 e. The average Bonchev–Trinajstić information content (AvgIpc) is 3.40. The van der Waals surface area contributed by atoms with Gasteiger partial charge in [0, 0.05) is 17.5 Å². The molecule has 2 aromatic rings. The molecule has 1 saturated carbocycles. The number of nitrogens with zero attached hydrogens (tertiary/aromatic N) is 4. The number of aromatic nitrogens is 1. The van der Waals surface area contributed by atoms with Gasteiger partial charge < -0.3 is 10.2 Å². The van der Waals surface area contributed by atoms with Crippen molar-refractivity contribution in [1.29, 1.82) is 5.26 Å². The van der Waals surface area contributed by atoms with E-state index in [4.69, 9.17) is 10.4 Å². The molecule has 30 heavy (non-hydrogen) atoms. The minimum absolute atomic E-state index is 0.0385. The summed E-state index contributed by atoms with van der Waals surface area (Å²) in [5.74, 6) is -0.298. The van der Waals surface area contributed by atoms with E-state index in [-0.39, 0.29) is 29.0 Å². The number of phenols is 1. The van der Waals surface area contributed by atoms with Crippen molar-refractivity contribution in [3.05, 3.63) is 52.8 Å². The van der Waals surface area contributed by atoms with Gasteiger partial charge in [0.1, 0.15) is 17.5 Å². The zero-order valence-corrected chi connectivity index (χ0v) is 16.5. The number of anilines is 1. The fourth-order valence-electron chi connectivity index (χ4n) is 5.30. The van der Waals surface area contributed by atoms with Gasteiger partial charge in [-0.25, -0.2) is 9.78 Å². The van der Waals surface area contributed by atoms with Gasteiger partial charge in [0.15, 0.2) is 0 Å². The van der Waals surface area contributed by atoms with Crippen LogP contribution >= 0.6 is 0 Å². The van der Waals surface area contributed by atoms with Crippen LogP contribution in [0.2, 0.25) is 0 Å². The SMILES string of the molecule is N#Cc1ccc(N2N=C3c4ccc(C(=O)O)nc4CCC3C2C2CCCC2)cc1O. The fourth-order valence-corrected chi connectivity index (χ4v) is 5.30. The Hall–Kier alpha value is -3.40. The second-order valence-electron chi connectivity index (χ2n) is 8.32. The van der Waals surface area contributed by atoms with Gasteiger partial charge in [0.25, 0.3) is 0 Å². The van der Waals surface area contributed by atoms with Gasteiger partial charge in [0.05, 0.1) is 28.7 Å². The quantitative estimate of drug-likeness (QED) is 0.810. The number of carboxylic acids is 1. The van der Waals surface area contributed by atoms with Crippen LogP contribution in [-0.2, 0) is 6.42 Å². The minimum Gasteiger partial charge on any atom is -0.506 e. The molecule has 1 aliphatic heterocycles. The van der Waals surface area contributed by atoms with Gasteiger partial charge in [0.2, 0.25) is 0 Å². The Kier molecular flexibility index (Phi) is 4.43. The van der Waals surface area contributed by atoms with Crippen molar-refractivity contribution in [3.8, 4) is 11.8 Å². The summed E-state index contributed by atoms with van der Waals surface area (Å²) in [6.07, 6.45) is 6.36. The van der Waals surface area contributed by atoms with E-state index in [1.807, 2.05) is 23.2 Å². The Morgan fingerprint density at radius 1 is 1.17 bits per heavy atom. The Morgan fingerprint density at radius 3 is 2.67 bits per heavy atom. The first-order chi connectivity index (χ1) is 14.6. The van der Waals surface area contributed by atoms with Crippen LogP contribution in [-0.4, -0.2) is 32.9 Å². The number of aromatic carboxylic acids is 1. The average molecular weight is 402 g/mol.